The quantitative estimate of drug-likeness (QED) is 0.816. The van der Waals surface area contributed by atoms with Crippen LogP contribution in [0, 0.1) is 0 Å². The van der Waals surface area contributed by atoms with E-state index in [1.165, 1.54) is 0 Å². The van der Waals surface area contributed by atoms with Crippen LogP contribution in [0.15, 0.2) is 20.0 Å². The summed E-state index contributed by atoms with van der Waals surface area (Å²) >= 11 is 5.73. The van der Waals surface area contributed by atoms with Crippen LogP contribution >= 0.6 is 31.9 Å². The normalized spacial score (nSPS) is 12.1. The molecule has 15 heavy (non-hydrogen) atoms. The fourth-order valence-electron chi connectivity index (χ4n) is 0.813. The molecule has 0 aliphatic rings. The van der Waals surface area contributed by atoms with Gasteiger partial charge >= 0.3 is 0 Å². The minimum atomic E-state index is -4.06. The van der Waals surface area contributed by atoms with Crippen molar-refractivity contribution in [2.24, 2.45) is 5.14 Å². The molecule has 1 heterocycles. The standard InChI is InChI=1S/C6H4Br2F2N2O2S/c7-4-3(15(11,13)14)1-2(6(9)10)12-5(4)8/h1,6H,(H2,11,13,14). The second-order valence-electron chi connectivity index (χ2n) is 2.50. The van der Waals surface area contributed by atoms with Crippen LogP contribution in [-0.4, -0.2) is 13.4 Å². The monoisotopic (exact) mass is 364 g/mol. The van der Waals surface area contributed by atoms with Crippen molar-refractivity contribution in [1.82, 2.24) is 4.98 Å². The molecule has 1 rings (SSSR count). The maximum Gasteiger partial charge on any atom is 0.280 e. The number of alkyl halides is 2. The lowest BCUT2D eigenvalue weighted by molar-refractivity contribution is 0.145. The topological polar surface area (TPSA) is 73.1 Å². The van der Waals surface area contributed by atoms with E-state index in [1.54, 1.807) is 0 Å². The smallest absolute Gasteiger partial charge is 0.239 e. The Morgan fingerprint density at radius 1 is 1.40 bits per heavy atom. The van der Waals surface area contributed by atoms with Crippen LogP contribution in [0.3, 0.4) is 0 Å². The molecule has 0 radical (unpaired) electrons. The molecule has 84 valence electrons. The number of hydrogen-bond acceptors (Lipinski definition) is 3. The molecule has 0 saturated carbocycles. The first-order valence-corrected chi connectivity index (χ1v) is 6.53. The fourth-order valence-corrected chi connectivity index (χ4v) is 2.87. The number of sulfonamides is 1. The third-order valence-corrected chi connectivity index (χ3v) is 4.54. The molecule has 1 aromatic heterocycles. The molecule has 0 amide bonds. The van der Waals surface area contributed by atoms with Crippen LogP contribution in [0.4, 0.5) is 8.78 Å². The molecule has 0 fully saturated rings. The molecule has 1 aromatic rings. The molecule has 4 nitrogen and oxygen atoms in total. The average molecular weight is 366 g/mol. The van der Waals surface area contributed by atoms with Crippen LogP contribution < -0.4 is 5.14 Å². The summed E-state index contributed by atoms with van der Waals surface area (Å²) < 4.78 is 46.7. The van der Waals surface area contributed by atoms with Crippen molar-refractivity contribution >= 4 is 41.9 Å². The molecule has 0 aliphatic carbocycles. The second-order valence-corrected chi connectivity index (χ2v) is 5.57. The van der Waals surface area contributed by atoms with Gasteiger partial charge in [0.05, 0.1) is 4.47 Å². The van der Waals surface area contributed by atoms with E-state index in [-0.39, 0.29) is 9.08 Å². The zero-order valence-electron chi connectivity index (χ0n) is 6.92. The van der Waals surface area contributed by atoms with Gasteiger partial charge in [-0.25, -0.2) is 27.3 Å². The predicted molar refractivity (Wildman–Crippen MR) is 56.0 cm³/mol. The Labute approximate surface area is 101 Å². The van der Waals surface area contributed by atoms with Crippen LogP contribution in [0.2, 0.25) is 0 Å². The minimum Gasteiger partial charge on any atom is -0.239 e. The van der Waals surface area contributed by atoms with Gasteiger partial charge in [0.1, 0.15) is 15.2 Å². The number of hydrogen-bond donors (Lipinski definition) is 1. The highest BCUT2D eigenvalue weighted by Gasteiger charge is 2.20. The average Bonchev–Trinajstić information content (AvgIpc) is 2.06. The van der Waals surface area contributed by atoms with Crippen molar-refractivity contribution in [3.8, 4) is 0 Å². The van der Waals surface area contributed by atoms with Gasteiger partial charge in [0.15, 0.2) is 0 Å². The van der Waals surface area contributed by atoms with Crippen molar-refractivity contribution in [2.75, 3.05) is 0 Å². The van der Waals surface area contributed by atoms with Gasteiger partial charge in [-0.3, -0.25) is 0 Å². The zero-order valence-corrected chi connectivity index (χ0v) is 10.9. The van der Waals surface area contributed by atoms with Gasteiger partial charge in [-0.15, -0.1) is 0 Å². The van der Waals surface area contributed by atoms with Crippen molar-refractivity contribution in [3.63, 3.8) is 0 Å². The first-order valence-electron chi connectivity index (χ1n) is 3.40. The molecule has 0 unspecified atom stereocenters. The van der Waals surface area contributed by atoms with E-state index in [1.807, 2.05) is 0 Å². The summed E-state index contributed by atoms with van der Waals surface area (Å²) in [4.78, 5) is 3.02. The number of halogens is 4. The molecule has 0 aromatic carbocycles. The number of nitrogens with two attached hydrogens (primary N) is 1. The van der Waals surface area contributed by atoms with E-state index >= 15 is 0 Å². The van der Waals surface area contributed by atoms with E-state index in [2.05, 4.69) is 36.8 Å². The number of primary sulfonamides is 1. The van der Waals surface area contributed by atoms with Crippen molar-refractivity contribution < 1.29 is 17.2 Å². The Balaban J connectivity index is 3.52. The van der Waals surface area contributed by atoms with E-state index in [4.69, 9.17) is 5.14 Å². The summed E-state index contributed by atoms with van der Waals surface area (Å²) in [5, 5.41) is 4.84. The highest BCUT2D eigenvalue weighted by Crippen LogP contribution is 2.31. The number of nitrogens with zero attached hydrogens (tertiary/aromatic N) is 1. The van der Waals surface area contributed by atoms with Crippen molar-refractivity contribution in [2.45, 2.75) is 11.3 Å². The lowest BCUT2D eigenvalue weighted by Crippen LogP contribution is -2.14. The van der Waals surface area contributed by atoms with Crippen LogP contribution in [0.25, 0.3) is 0 Å². The number of rotatable bonds is 2. The number of aromatic nitrogens is 1. The minimum absolute atomic E-state index is 0.0226. The zero-order chi connectivity index (χ0) is 11.8. The van der Waals surface area contributed by atoms with Gasteiger partial charge in [0.25, 0.3) is 6.43 Å². The first-order chi connectivity index (χ1) is 6.73. The lowest BCUT2D eigenvalue weighted by atomic mass is 10.4. The Hall–Kier alpha value is -0.120. The van der Waals surface area contributed by atoms with Gasteiger partial charge in [-0.2, -0.15) is 0 Å². The first kappa shape index (κ1) is 12.9. The highest BCUT2D eigenvalue weighted by atomic mass is 79.9. The molecule has 0 aliphatic heterocycles. The molecular formula is C6H4Br2F2N2O2S. The summed E-state index contributed by atoms with van der Waals surface area (Å²) in [7, 11) is -4.06. The molecule has 0 saturated heterocycles. The van der Waals surface area contributed by atoms with Crippen molar-refractivity contribution in [1.29, 1.82) is 0 Å². The van der Waals surface area contributed by atoms with Crippen molar-refractivity contribution in [3.05, 3.63) is 20.8 Å². The maximum absolute atomic E-state index is 12.3. The number of pyridine rings is 1. The lowest BCUT2D eigenvalue weighted by Gasteiger charge is -2.06. The molecule has 0 atom stereocenters. The molecule has 9 heteroatoms. The molecule has 0 spiro atoms. The van der Waals surface area contributed by atoms with Gasteiger partial charge < -0.3 is 0 Å². The van der Waals surface area contributed by atoms with Gasteiger partial charge in [-0.1, -0.05) is 0 Å². The summed E-state index contributed by atoms with van der Waals surface area (Å²) in [5.41, 5.74) is -0.658. The fraction of sp³-hybridized carbons (Fsp3) is 0.167. The molecule has 2 N–H and O–H groups in total. The third kappa shape index (κ3) is 2.92. The maximum atomic E-state index is 12.3. The van der Waals surface area contributed by atoms with Crippen LogP contribution in [0.5, 0.6) is 0 Å². The second kappa shape index (κ2) is 4.40. The van der Waals surface area contributed by atoms with Gasteiger partial charge in [-0.05, 0) is 37.9 Å². The van der Waals surface area contributed by atoms with Crippen LogP contribution in [-0.2, 0) is 10.0 Å². The third-order valence-electron chi connectivity index (χ3n) is 1.43. The SMILES string of the molecule is NS(=O)(=O)c1cc(C(F)F)nc(Br)c1Br. The van der Waals surface area contributed by atoms with E-state index in [0.717, 1.165) is 6.07 Å². The highest BCUT2D eigenvalue weighted by molar-refractivity contribution is 9.13. The Bertz CT molecular complexity index is 492. The summed E-state index contributed by atoms with van der Waals surface area (Å²) in [6, 6.07) is 0.731. The molecular weight excluding hydrogens is 362 g/mol. The Morgan fingerprint density at radius 2 is 1.93 bits per heavy atom. The summed E-state index contributed by atoms with van der Waals surface area (Å²) in [5.74, 6) is 0. The van der Waals surface area contributed by atoms with Gasteiger partial charge in [0, 0.05) is 0 Å². The Kier molecular flexibility index (Phi) is 3.80. The van der Waals surface area contributed by atoms with Gasteiger partial charge in [0.2, 0.25) is 10.0 Å². The van der Waals surface area contributed by atoms with Crippen LogP contribution in [0.1, 0.15) is 12.1 Å². The Morgan fingerprint density at radius 3 is 2.33 bits per heavy atom. The summed E-state index contributed by atoms with van der Waals surface area (Å²) in [6.07, 6.45) is -2.87. The van der Waals surface area contributed by atoms with E-state index < -0.39 is 27.0 Å². The molecule has 0 bridgehead atoms. The largest absolute Gasteiger partial charge is 0.280 e. The predicted octanol–water partition coefficient (Wildman–Crippen LogP) is 2.19. The summed E-state index contributed by atoms with van der Waals surface area (Å²) in [6.45, 7) is 0. The van der Waals surface area contributed by atoms with E-state index in [0.29, 0.717) is 0 Å². The van der Waals surface area contributed by atoms with E-state index in [9.17, 15) is 17.2 Å².